The lowest BCUT2D eigenvalue weighted by Gasteiger charge is -2.14. The molecular formula is C16H17FN4O3. The fourth-order valence-electron chi connectivity index (χ4n) is 2.81. The van der Waals surface area contributed by atoms with Crippen LogP contribution in [0.3, 0.4) is 0 Å². The number of benzene rings is 1. The summed E-state index contributed by atoms with van der Waals surface area (Å²) in [5.41, 5.74) is 1.41. The van der Waals surface area contributed by atoms with Crippen LogP contribution in [0.4, 0.5) is 4.39 Å². The third-order valence-corrected chi connectivity index (χ3v) is 4.18. The van der Waals surface area contributed by atoms with Crippen LogP contribution in [0.25, 0.3) is 5.69 Å². The maximum Gasteiger partial charge on any atom is 0.310 e. The lowest BCUT2D eigenvalue weighted by molar-refractivity contribution is -0.144. The molecule has 1 aromatic heterocycles. The van der Waals surface area contributed by atoms with E-state index in [9.17, 15) is 14.0 Å². The van der Waals surface area contributed by atoms with Gasteiger partial charge in [0.05, 0.1) is 24.4 Å². The van der Waals surface area contributed by atoms with Crippen LogP contribution in [0.2, 0.25) is 0 Å². The first-order chi connectivity index (χ1) is 11.5. The third kappa shape index (κ3) is 2.86. The molecule has 0 bridgehead atoms. The molecular weight excluding hydrogens is 315 g/mol. The zero-order chi connectivity index (χ0) is 17.3. The molecule has 126 valence electrons. The Bertz CT molecular complexity index is 772. The number of aromatic nitrogens is 3. The number of likely N-dealkylation sites (tertiary alicyclic amines) is 1. The number of hydrogen-bond acceptors (Lipinski definition) is 5. The SMILES string of the molecule is COC(=O)[C@@H]1CCN(C(=O)c2nnn(-c3ccc(F)cc3)c2C)C1. The van der Waals surface area contributed by atoms with E-state index < -0.39 is 0 Å². The number of ether oxygens (including phenoxy) is 1. The standard InChI is InChI=1S/C16H17FN4O3/c1-10-14(15(22)20-8-7-11(9-20)16(23)24-2)18-19-21(10)13-5-3-12(17)4-6-13/h3-6,11H,7-9H2,1-2H3/t11-/m1/s1. The van der Waals surface area contributed by atoms with E-state index in [1.54, 1.807) is 24.0 Å². The van der Waals surface area contributed by atoms with Crippen molar-refractivity contribution >= 4 is 11.9 Å². The van der Waals surface area contributed by atoms with Gasteiger partial charge >= 0.3 is 5.97 Å². The summed E-state index contributed by atoms with van der Waals surface area (Å²) in [6.45, 7) is 2.51. The second-order valence-corrected chi connectivity index (χ2v) is 5.67. The van der Waals surface area contributed by atoms with E-state index in [0.29, 0.717) is 30.9 Å². The van der Waals surface area contributed by atoms with Gasteiger partial charge in [-0.15, -0.1) is 5.10 Å². The van der Waals surface area contributed by atoms with Crippen molar-refractivity contribution in [1.82, 2.24) is 19.9 Å². The molecule has 1 aliphatic rings. The first-order valence-electron chi connectivity index (χ1n) is 7.56. The van der Waals surface area contributed by atoms with Crippen LogP contribution in [-0.2, 0) is 9.53 Å². The van der Waals surface area contributed by atoms with Gasteiger partial charge in [0.2, 0.25) is 0 Å². The van der Waals surface area contributed by atoms with E-state index in [-0.39, 0.29) is 29.3 Å². The van der Waals surface area contributed by atoms with Gasteiger partial charge in [0.15, 0.2) is 5.69 Å². The predicted molar refractivity (Wildman–Crippen MR) is 82.1 cm³/mol. The molecule has 0 unspecified atom stereocenters. The number of hydrogen-bond donors (Lipinski definition) is 0. The molecule has 0 saturated carbocycles. The molecule has 1 saturated heterocycles. The summed E-state index contributed by atoms with van der Waals surface area (Å²) in [5, 5.41) is 7.94. The molecule has 2 aromatic rings. The molecule has 1 atom stereocenters. The van der Waals surface area contributed by atoms with Crippen LogP contribution in [0.5, 0.6) is 0 Å². The molecule has 0 radical (unpaired) electrons. The Morgan fingerprint density at radius 2 is 2.00 bits per heavy atom. The normalized spacial score (nSPS) is 17.1. The van der Waals surface area contributed by atoms with Gasteiger partial charge in [-0.2, -0.15) is 0 Å². The highest BCUT2D eigenvalue weighted by Crippen LogP contribution is 2.21. The van der Waals surface area contributed by atoms with E-state index in [0.717, 1.165) is 0 Å². The van der Waals surface area contributed by atoms with Gasteiger partial charge in [0.25, 0.3) is 5.91 Å². The van der Waals surface area contributed by atoms with Gasteiger partial charge in [0, 0.05) is 13.1 Å². The van der Waals surface area contributed by atoms with E-state index in [1.165, 1.54) is 23.9 Å². The number of amides is 1. The molecule has 8 heteroatoms. The molecule has 0 aliphatic carbocycles. The summed E-state index contributed by atoms with van der Waals surface area (Å²) in [7, 11) is 1.34. The monoisotopic (exact) mass is 332 g/mol. The lowest BCUT2D eigenvalue weighted by Crippen LogP contribution is -2.31. The van der Waals surface area contributed by atoms with Gasteiger partial charge in [0.1, 0.15) is 5.82 Å². The maximum absolute atomic E-state index is 13.0. The second-order valence-electron chi connectivity index (χ2n) is 5.67. The number of rotatable bonds is 3. The second kappa shape index (κ2) is 6.38. The largest absolute Gasteiger partial charge is 0.469 e. The van der Waals surface area contributed by atoms with Crippen LogP contribution < -0.4 is 0 Å². The smallest absolute Gasteiger partial charge is 0.310 e. The van der Waals surface area contributed by atoms with E-state index in [1.807, 2.05) is 0 Å². The highest BCUT2D eigenvalue weighted by molar-refractivity contribution is 5.94. The van der Waals surface area contributed by atoms with Crippen molar-refractivity contribution in [3.8, 4) is 5.69 Å². The number of carbonyl (C=O) groups is 2. The van der Waals surface area contributed by atoms with Crippen molar-refractivity contribution in [2.45, 2.75) is 13.3 Å². The summed E-state index contributed by atoms with van der Waals surface area (Å²) in [4.78, 5) is 25.8. The average molecular weight is 332 g/mol. The summed E-state index contributed by atoms with van der Waals surface area (Å²) in [5.74, 6) is -1.23. The number of carbonyl (C=O) groups excluding carboxylic acids is 2. The van der Waals surface area contributed by atoms with Gasteiger partial charge in [-0.05, 0) is 37.6 Å². The first-order valence-corrected chi connectivity index (χ1v) is 7.56. The minimum atomic E-state index is -0.348. The Balaban J connectivity index is 1.80. The molecule has 1 fully saturated rings. The predicted octanol–water partition coefficient (Wildman–Crippen LogP) is 1.35. The third-order valence-electron chi connectivity index (χ3n) is 4.18. The molecule has 0 spiro atoms. The Morgan fingerprint density at radius 3 is 2.67 bits per heavy atom. The Kier molecular flexibility index (Phi) is 4.28. The zero-order valence-corrected chi connectivity index (χ0v) is 13.4. The van der Waals surface area contributed by atoms with E-state index in [2.05, 4.69) is 10.3 Å². The fraction of sp³-hybridized carbons (Fsp3) is 0.375. The molecule has 1 amide bonds. The van der Waals surface area contributed by atoms with Gasteiger partial charge in [-0.3, -0.25) is 9.59 Å². The summed E-state index contributed by atoms with van der Waals surface area (Å²) in [6.07, 6.45) is 0.573. The fourth-order valence-corrected chi connectivity index (χ4v) is 2.81. The molecule has 1 aromatic carbocycles. The van der Waals surface area contributed by atoms with E-state index >= 15 is 0 Å². The molecule has 0 N–H and O–H groups in total. The Hall–Kier alpha value is -2.77. The number of methoxy groups -OCH3 is 1. The number of nitrogens with zero attached hydrogens (tertiary/aromatic N) is 4. The maximum atomic E-state index is 13.0. The molecule has 24 heavy (non-hydrogen) atoms. The minimum Gasteiger partial charge on any atom is -0.469 e. The topological polar surface area (TPSA) is 77.3 Å². The van der Waals surface area contributed by atoms with Crippen molar-refractivity contribution in [3.05, 3.63) is 41.5 Å². The van der Waals surface area contributed by atoms with Gasteiger partial charge in [-0.1, -0.05) is 5.21 Å². The number of esters is 1. The van der Waals surface area contributed by atoms with Gasteiger partial charge < -0.3 is 9.64 Å². The van der Waals surface area contributed by atoms with Crippen LogP contribution in [0.15, 0.2) is 24.3 Å². The lowest BCUT2D eigenvalue weighted by atomic mass is 10.1. The molecule has 7 nitrogen and oxygen atoms in total. The quantitative estimate of drug-likeness (QED) is 0.793. The van der Waals surface area contributed by atoms with E-state index in [4.69, 9.17) is 4.74 Å². The van der Waals surface area contributed by atoms with Gasteiger partial charge in [-0.25, -0.2) is 9.07 Å². The van der Waals surface area contributed by atoms with Crippen molar-refractivity contribution in [2.24, 2.45) is 5.92 Å². The zero-order valence-electron chi connectivity index (χ0n) is 13.4. The summed E-state index contributed by atoms with van der Waals surface area (Å²) < 4.78 is 19.2. The number of halogens is 1. The van der Waals surface area contributed by atoms with Crippen LogP contribution in [-0.4, -0.2) is 52.0 Å². The summed E-state index contributed by atoms with van der Waals surface area (Å²) in [6, 6.07) is 5.77. The highest BCUT2D eigenvalue weighted by atomic mass is 19.1. The van der Waals surface area contributed by atoms with Crippen LogP contribution in [0, 0.1) is 18.7 Å². The van der Waals surface area contributed by atoms with Crippen molar-refractivity contribution in [2.75, 3.05) is 20.2 Å². The minimum absolute atomic E-state index is 0.227. The molecule has 2 heterocycles. The van der Waals surface area contributed by atoms with Crippen molar-refractivity contribution in [3.63, 3.8) is 0 Å². The molecule has 3 rings (SSSR count). The van der Waals surface area contributed by atoms with Crippen molar-refractivity contribution in [1.29, 1.82) is 0 Å². The Morgan fingerprint density at radius 1 is 1.29 bits per heavy atom. The first kappa shape index (κ1) is 16.1. The summed E-state index contributed by atoms with van der Waals surface area (Å²) >= 11 is 0. The van der Waals surface area contributed by atoms with Crippen molar-refractivity contribution < 1.29 is 18.7 Å². The van der Waals surface area contributed by atoms with Crippen LogP contribution >= 0.6 is 0 Å². The highest BCUT2D eigenvalue weighted by Gasteiger charge is 2.34. The molecule has 1 aliphatic heterocycles. The van der Waals surface area contributed by atoms with Crippen LogP contribution in [0.1, 0.15) is 22.6 Å². The average Bonchev–Trinajstić information content (AvgIpc) is 3.22. The Labute approximate surface area is 138 Å².